The number of pyridine rings is 1. The number of benzene rings is 1. The predicted octanol–water partition coefficient (Wildman–Crippen LogP) is 3.10. The number of hydrogen-bond acceptors (Lipinski definition) is 2. The van der Waals surface area contributed by atoms with E-state index < -0.39 is 6.03 Å². The van der Waals surface area contributed by atoms with E-state index in [0.29, 0.717) is 5.69 Å². The topological polar surface area (TPSA) is 64.2 Å². The largest absolute Gasteiger partial charge is 0.351 e. The van der Waals surface area contributed by atoms with Crippen LogP contribution in [0.5, 0.6) is 0 Å². The Morgan fingerprint density at radius 2 is 2.10 bits per heavy atom. The molecule has 2 aromatic heterocycles. The summed E-state index contributed by atoms with van der Waals surface area (Å²) < 4.78 is 2.05. The number of hydrogen-bond donors (Lipinski definition) is 1. The molecular weight excluding hydrogens is 264 g/mol. The van der Waals surface area contributed by atoms with Crippen LogP contribution in [0, 0.1) is 6.92 Å². The number of nitrogens with zero attached hydrogens (tertiary/aromatic N) is 3. The van der Waals surface area contributed by atoms with E-state index in [1.54, 1.807) is 18.5 Å². The summed E-state index contributed by atoms with van der Waals surface area (Å²) in [5.74, 6) is 0. The molecule has 21 heavy (non-hydrogen) atoms. The zero-order valence-corrected chi connectivity index (χ0v) is 11.9. The third kappa shape index (κ3) is 2.12. The van der Waals surface area contributed by atoms with Gasteiger partial charge in [-0.1, -0.05) is 0 Å². The van der Waals surface area contributed by atoms with Gasteiger partial charge >= 0.3 is 6.03 Å². The average Bonchev–Trinajstić information content (AvgIpc) is 2.85. The number of amides is 2. The summed E-state index contributed by atoms with van der Waals surface area (Å²) in [6, 6.07) is 9.01. The summed E-state index contributed by atoms with van der Waals surface area (Å²) in [6.45, 7) is 1.99. The Labute approximate surface area is 122 Å². The maximum absolute atomic E-state index is 11.9. The van der Waals surface area contributed by atoms with Crippen LogP contribution in [0.1, 0.15) is 5.56 Å². The summed E-state index contributed by atoms with van der Waals surface area (Å²) in [7, 11) is 1.99. The molecule has 0 spiro atoms. The molecule has 0 radical (unpaired) electrons. The number of aryl methyl sites for hydroxylation is 2. The lowest BCUT2D eigenvalue weighted by Crippen LogP contribution is -2.32. The third-order valence-corrected chi connectivity index (χ3v) is 3.67. The molecule has 0 fully saturated rings. The minimum Gasteiger partial charge on any atom is -0.351 e. The highest BCUT2D eigenvalue weighted by Gasteiger charge is 2.18. The number of aromatic nitrogens is 2. The smallest absolute Gasteiger partial charge is 0.323 e. The molecule has 5 nitrogen and oxygen atoms in total. The second kappa shape index (κ2) is 4.94. The van der Waals surface area contributed by atoms with Gasteiger partial charge in [0.2, 0.25) is 0 Å². The Morgan fingerprint density at radius 3 is 2.76 bits per heavy atom. The predicted molar refractivity (Wildman–Crippen MR) is 83.6 cm³/mol. The molecular formula is C16H16N4O. The SMILES string of the molecule is Cc1c(N(C(N)=O)c2cccnc2)ccc2c1ccn2C. The van der Waals surface area contributed by atoms with Crippen LogP contribution in [0.15, 0.2) is 48.9 Å². The van der Waals surface area contributed by atoms with Gasteiger partial charge in [-0.15, -0.1) is 0 Å². The molecule has 2 heterocycles. The lowest BCUT2D eigenvalue weighted by atomic mass is 10.1. The number of rotatable bonds is 2. The Hall–Kier alpha value is -2.82. The van der Waals surface area contributed by atoms with Gasteiger partial charge in [-0.05, 0) is 42.8 Å². The van der Waals surface area contributed by atoms with E-state index in [0.717, 1.165) is 22.2 Å². The quantitative estimate of drug-likeness (QED) is 0.784. The van der Waals surface area contributed by atoms with Gasteiger partial charge in [-0.3, -0.25) is 9.88 Å². The lowest BCUT2D eigenvalue weighted by molar-refractivity contribution is 0.256. The number of anilines is 2. The number of nitrogens with two attached hydrogens (primary N) is 1. The molecule has 1 aromatic carbocycles. The summed E-state index contributed by atoms with van der Waals surface area (Å²) in [5, 5.41) is 1.10. The molecule has 0 unspecified atom stereocenters. The molecule has 106 valence electrons. The number of carbonyl (C=O) groups excluding carboxylic acids is 1. The van der Waals surface area contributed by atoms with Crippen molar-refractivity contribution in [2.45, 2.75) is 6.92 Å². The molecule has 0 aliphatic heterocycles. The first-order chi connectivity index (χ1) is 10.1. The van der Waals surface area contributed by atoms with E-state index in [4.69, 9.17) is 5.73 Å². The van der Waals surface area contributed by atoms with Crippen LogP contribution in [-0.4, -0.2) is 15.6 Å². The molecule has 0 aliphatic carbocycles. The zero-order chi connectivity index (χ0) is 15.0. The molecule has 2 amide bonds. The Kier molecular flexibility index (Phi) is 3.10. The molecule has 0 bridgehead atoms. The molecule has 0 atom stereocenters. The van der Waals surface area contributed by atoms with Crippen LogP contribution in [0.4, 0.5) is 16.2 Å². The van der Waals surface area contributed by atoms with Crippen molar-refractivity contribution in [3.8, 4) is 0 Å². The van der Waals surface area contributed by atoms with Crippen molar-refractivity contribution < 1.29 is 4.79 Å². The zero-order valence-electron chi connectivity index (χ0n) is 11.9. The highest BCUT2D eigenvalue weighted by molar-refractivity contribution is 6.02. The fraction of sp³-hybridized carbons (Fsp3) is 0.125. The monoisotopic (exact) mass is 280 g/mol. The maximum atomic E-state index is 11.9. The fourth-order valence-electron chi connectivity index (χ4n) is 2.60. The number of primary amides is 1. The second-order valence-corrected chi connectivity index (χ2v) is 4.95. The highest BCUT2D eigenvalue weighted by Crippen LogP contribution is 2.32. The van der Waals surface area contributed by atoms with Crippen LogP contribution in [0.2, 0.25) is 0 Å². The Balaban J connectivity index is 2.21. The lowest BCUT2D eigenvalue weighted by Gasteiger charge is -2.22. The molecule has 5 heteroatoms. The number of carbonyl (C=O) groups is 1. The second-order valence-electron chi connectivity index (χ2n) is 4.95. The molecule has 0 saturated carbocycles. The first-order valence-corrected chi connectivity index (χ1v) is 6.64. The molecule has 2 N–H and O–H groups in total. The molecule has 3 rings (SSSR count). The van der Waals surface area contributed by atoms with Gasteiger partial charge in [-0.2, -0.15) is 0 Å². The van der Waals surface area contributed by atoms with E-state index in [1.807, 2.05) is 49.0 Å². The average molecular weight is 280 g/mol. The van der Waals surface area contributed by atoms with E-state index in [-0.39, 0.29) is 0 Å². The van der Waals surface area contributed by atoms with Crippen molar-refractivity contribution in [2.24, 2.45) is 12.8 Å². The summed E-state index contributed by atoms with van der Waals surface area (Å²) in [4.78, 5) is 17.4. The highest BCUT2D eigenvalue weighted by atomic mass is 16.2. The molecule has 0 saturated heterocycles. The van der Waals surface area contributed by atoms with Crippen molar-refractivity contribution >= 4 is 28.3 Å². The minimum atomic E-state index is -0.526. The van der Waals surface area contributed by atoms with E-state index in [9.17, 15) is 4.79 Å². The van der Waals surface area contributed by atoms with Crippen LogP contribution in [-0.2, 0) is 7.05 Å². The van der Waals surface area contributed by atoms with Gasteiger partial charge in [0, 0.05) is 30.3 Å². The van der Waals surface area contributed by atoms with Crippen molar-refractivity contribution in [3.63, 3.8) is 0 Å². The van der Waals surface area contributed by atoms with Gasteiger partial charge in [0.05, 0.1) is 17.6 Å². The van der Waals surface area contributed by atoms with E-state index >= 15 is 0 Å². The Bertz CT molecular complexity index is 808. The van der Waals surface area contributed by atoms with Gasteiger partial charge in [0.15, 0.2) is 0 Å². The van der Waals surface area contributed by atoms with Gasteiger partial charge in [0.25, 0.3) is 0 Å². The van der Waals surface area contributed by atoms with Gasteiger partial charge in [-0.25, -0.2) is 4.79 Å². The Morgan fingerprint density at radius 1 is 1.29 bits per heavy atom. The van der Waals surface area contributed by atoms with Gasteiger partial charge in [0.1, 0.15) is 0 Å². The summed E-state index contributed by atoms with van der Waals surface area (Å²) >= 11 is 0. The van der Waals surface area contributed by atoms with Crippen LogP contribution in [0.25, 0.3) is 10.9 Å². The first-order valence-electron chi connectivity index (χ1n) is 6.64. The first kappa shape index (κ1) is 13.2. The van der Waals surface area contributed by atoms with E-state index in [2.05, 4.69) is 4.98 Å². The van der Waals surface area contributed by atoms with Crippen molar-refractivity contribution in [1.82, 2.24) is 9.55 Å². The summed E-state index contributed by atoms with van der Waals surface area (Å²) in [5.41, 5.74) is 9.13. The standard InChI is InChI=1S/C16H16N4O/c1-11-13-7-9-19(2)15(13)6-5-14(11)20(16(17)21)12-4-3-8-18-10-12/h3-10H,1-2H3,(H2,17,21). The minimum absolute atomic E-state index is 0.526. The normalized spacial score (nSPS) is 10.8. The van der Waals surface area contributed by atoms with Crippen LogP contribution in [0.3, 0.4) is 0 Å². The van der Waals surface area contributed by atoms with Gasteiger partial charge < -0.3 is 10.3 Å². The van der Waals surface area contributed by atoms with Crippen molar-refractivity contribution in [3.05, 3.63) is 54.5 Å². The van der Waals surface area contributed by atoms with Crippen molar-refractivity contribution in [1.29, 1.82) is 0 Å². The number of fused-ring (bicyclic) bond motifs is 1. The number of urea groups is 1. The van der Waals surface area contributed by atoms with Crippen LogP contribution >= 0.6 is 0 Å². The third-order valence-electron chi connectivity index (χ3n) is 3.67. The maximum Gasteiger partial charge on any atom is 0.323 e. The molecule has 0 aliphatic rings. The van der Waals surface area contributed by atoms with E-state index in [1.165, 1.54) is 4.90 Å². The van der Waals surface area contributed by atoms with Crippen molar-refractivity contribution in [2.75, 3.05) is 4.90 Å². The molecule has 3 aromatic rings. The fourth-order valence-corrected chi connectivity index (χ4v) is 2.60. The summed E-state index contributed by atoms with van der Waals surface area (Å²) in [6.07, 6.45) is 5.29. The van der Waals surface area contributed by atoms with Crippen LogP contribution < -0.4 is 10.6 Å².